The number of amides is 1. The van der Waals surface area contributed by atoms with Gasteiger partial charge in [-0.1, -0.05) is 30.3 Å². The van der Waals surface area contributed by atoms with E-state index in [0.717, 1.165) is 23.1 Å². The first-order valence-electron chi connectivity index (χ1n) is 12.9. The first kappa shape index (κ1) is 28.5. The minimum atomic E-state index is -4.86. The molecule has 1 fully saturated rings. The molecule has 0 aliphatic heterocycles. The van der Waals surface area contributed by atoms with Crippen LogP contribution in [0.15, 0.2) is 72.8 Å². The number of nitrogens with two attached hydrogens (primary N) is 1. The number of rotatable bonds is 8. The Morgan fingerprint density at radius 1 is 1.12 bits per heavy atom. The molecule has 3 aromatic carbocycles. The Labute approximate surface area is 238 Å². The number of amidine groups is 1. The molecule has 12 heteroatoms. The Morgan fingerprint density at radius 2 is 1.83 bits per heavy atom. The molecule has 5 rings (SSSR count). The molecular formula is C30H25F4N7O. The summed E-state index contributed by atoms with van der Waals surface area (Å²) in [6, 6.07) is 19.5. The van der Waals surface area contributed by atoms with E-state index in [4.69, 9.17) is 11.1 Å². The lowest BCUT2D eigenvalue weighted by Gasteiger charge is -2.29. The highest BCUT2D eigenvalue weighted by molar-refractivity contribution is 6.04. The summed E-state index contributed by atoms with van der Waals surface area (Å²) in [5.74, 6) is -2.14. The molecule has 0 spiro atoms. The van der Waals surface area contributed by atoms with Gasteiger partial charge in [-0.15, -0.1) is 0 Å². The van der Waals surface area contributed by atoms with Gasteiger partial charge < -0.3 is 11.1 Å². The van der Waals surface area contributed by atoms with E-state index in [1.165, 1.54) is 36.4 Å². The fourth-order valence-electron chi connectivity index (χ4n) is 4.81. The predicted octanol–water partition coefficient (Wildman–Crippen LogP) is 5.62. The first-order chi connectivity index (χ1) is 20.0. The number of carbonyl (C=O) groups is 1. The summed E-state index contributed by atoms with van der Waals surface area (Å²) in [6.07, 6.45) is -2.90. The maximum Gasteiger partial charge on any atom is 0.435 e. The summed E-state index contributed by atoms with van der Waals surface area (Å²) in [5.41, 5.74) is 5.62. The molecule has 214 valence electrons. The van der Waals surface area contributed by atoms with Gasteiger partial charge in [-0.05, 0) is 67.4 Å². The zero-order chi connectivity index (χ0) is 30.2. The van der Waals surface area contributed by atoms with Crippen molar-refractivity contribution in [2.24, 2.45) is 5.73 Å². The van der Waals surface area contributed by atoms with Crippen LogP contribution in [0.2, 0.25) is 0 Å². The van der Waals surface area contributed by atoms with Crippen LogP contribution in [0.1, 0.15) is 57.3 Å². The van der Waals surface area contributed by atoms with E-state index in [1.54, 1.807) is 24.3 Å². The van der Waals surface area contributed by atoms with Crippen LogP contribution in [0.3, 0.4) is 0 Å². The van der Waals surface area contributed by atoms with Crippen LogP contribution in [0, 0.1) is 22.6 Å². The van der Waals surface area contributed by atoms with Crippen molar-refractivity contribution in [1.82, 2.24) is 14.7 Å². The Balaban J connectivity index is 1.53. The van der Waals surface area contributed by atoms with E-state index in [9.17, 15) is 23.2 Å². The largest absolute Gasteiger partial charge is 0.435 e. The SMILES string of the molecule is CN(C1CC1)C(c1cccc(C#N)c1)c1ccc(F)c(NC(=O)c2cc(C(F)(F)F)nn2-c2cccc(C(=N)N)c2)c1. The summed E-state index contributed by atoms with van der Waals surface area (Å²) in [6.45, 7) is 0. The summed E-state index contributed by atoms with van der Waals surface area (Å²) >= 11 is 0. The number of aromatic nitrogens is 2. The molecule has 0 bridgehead atoms. The third kappa shape index (κ3) is 5.87. The molecule has 0 radical (unpaired) electrons. The average Bonchev–Trinajstić information content (AvgIpc) is 3.71. The highest BCUT2D eigenvalue weighted by Gasteiger charge is 2.37. The zero-order valence-corrected chi connectivity index (χ0v) is 22.3. The lowest BCUT2D eigenvalue weighted by atomic mass is 9.95. The smallest absolute Gasteiger partial charge is 0.384 e. The van der Waals surface area contributed by atoms with Crippen molar-refractivity contribution in [2.45, 2.75) is 31.1 Å². The van der Waals surface area contributed by atoms with Gasteiger partial charge >= 0.3 is 6.18 Å². The molecule has 4 aromatic rings. The first-order valence-corrected chi connectivity index (χ1v) is 12.9. The lowest BCUT2D eigenvalue weighted by molar-refractivity contribution is -0.141. The van der Waals surface area contributed by atoms with Crippen LogP contribution in [-0.2, 0) is 6.18 Å². The van der Waals surface area contributed by atoms with Crippen molar-refractivity contribution in [3.8, 4) is 11.8 Å². The molecule has 1 unspecified atom stereocenters. The van der Waals surface area contributed by atoms with E-state index >= 15 is 4.39 Å². The zero-order valence-electron chi connectivity index (χ0n) is 22.3. The minimum Gasteiger partial charge on any atom is -0.384 e. The van der Waals surface area contributed by atoms with Crippen LogP contribution >= 0.6 is 0 Å². The molecule has 1 aromatic heterocycles. The van der Waals surface area contributed by atoms with Gasteiger partial charge in [0.05, 0.1) is 29.0 Å². The Kier molecular flexibility index (Phi) is 7.53. The van der Waals surface area contributed by atoms with Crippen molar-refractivity contribution < 1.29 is 22.4 Å². The van der Waals surface area contributed by atoms with Crippen molar-refractivity contribution in [3.05, 3.63) is 112 Å². The molecular weight excluding hydrogens is 550 g/mol. The number of carbonyl (C=O) groups excluding carboxylic acids is 1. The molecule has 1 atom stereocenters. The number of nitrogens with zero attached hydrogens (tertiary/aromatic N) is 4. The molecule has 8 nitrogen and oxygen atoms in total. The van der Waals surface area contributed by atoms with Gasteiger partial charge in [0.25, 0.3) is 5.91 Å². The number of nitriles is 1. The van der Waals surface area contributed by atoms with Gasteiger partial charge in [0.15, 0.2) is 5.69 Å². The number of nitrogen functional groups attached to an aromatic ring is 1. The molecule has 0 saturated heterocycles. The fourth-order valence-corrected chi connectivity index (χ4v) is 4.81. The van der Waals surface area contributed by atoms with Crippen LogP contribution in [-0.4, -0.2) is 39.5 Å². The maximum absolute atomic E-state index is 15.1. The van der Waals surface area contributed by atoms with Gasteiger partial charge in [-0.25, -0.2) is 9.07 Å². The van der Waals surface area contributed by atoms with Gasteiger partial charge in [-0.3, -0.25) is 15.1 Å². The third-order valence-electron chi connectivity index (χ3n) is 7.05. The van der Waals surface area contributed by atoms with Crippen LogP contribution in [0.4, 0.5) is 23.2 Å². The van der Waals surface area contributed by atoms with E-state index < -0.39 is 29.3 Å². The van der Waals surface area contributed by atoms with Crippen LogP contribution in [0.25, 0.3) is 5.69 Å². The summed E-state index contributed by atoms with van der Waals surface area (Å²) < 4.78 is 56.7. The molecule has 1 aliphatic carbocycles. The number of benzene rings is 3. The number of hydrogen-bond acceptors (Lipinski definition) is 5. The maximum atomic E-state index is 15.1. The van der Waals surface area contributed by atoms with Gasteiger partial charge in [0, 0.05) is 17.7 Å². The van der Waals surface area contributed by atoms with Crippen molar-refractivity contribution in [3.63, 3.8) is 0 Å². The van der Waals surface area contributed by atoms with Crippen LogP contribution < -0.4 is 11.1 Å². The molecule has 42 heavy (non-hydrogen) atoms. The Morgan fingerprint density at radius 3 is 2.50 bits per heavy atom. The van der Waals surface area contributed by atoms with Crippen molar-refractivity contribution in [1.29, 1.82) is 10.7 Å². The predicted molar refractivity (Wildman–Crippen MR) is 148 cm³/mol. The number of nitrogens with one attached hydrogen (secondary N) is 2. The van der Waals surface area contributed by atoms with Crippen LogP contribution in [0.5, 0.6) is 0 Å². The second kappa shape index (κ2) is 11.1. The van der Waals surface area contributed by atoms with E-state index in [-0.39, 0.29) is 34.9 Å². The van der Waals surface area contributed by atoms with E-state index in [0.29, 0.717) is 17.2 Å². The van der Waals surface area contributed by atoms with E-state index in [2.05, 4.69) is 21.4 Å². The standard InChI is InChI=1S/C30H25F4N7O/c1-40(21-9-10-21)27(18-5-2-4-17(12-18)16-35)19-8-11-23(31)24(14-19)38-29(42)25-15-26(30(32,33)34)39-41(25)22-7-3-6-20(13-22)28(36)37/h2-8,11-15,21,27H,9-10H2,1H3,(H3,36,37)(H,38,42). The highest BCUT2D eigenvalue weighted by atomic mass is 19.4. The minimum absolute atomic E-state index is 0.0565. The molecule has 1 heterocycles. The van der Waals surface area contributed by atoms with Crippen molar-refractivity contribution in [2.75, 3.05) is 12.4 Å². The van der Waals surface area contributed by atoms with Crippen molar-refractivity contribution >= 4 is 17.4 Å². The molecule has 1 saturated carbocycles. The van der Waals surface area contributed by atoms with E-state index in [1.807, 2.05) is 13.1 Å². The fraction of sp³-hybridized carbons (Fsp3) is 0.200. The number of alkyl halides is 3. The highest BCUT2D eigenvalue weighted by Crippen LogP contribution is 2.38. The second-order valence-corrected chi connectivity index (χ2v) is 10.0. The topological polar surface area (TPSA) is 124 Å². The Bertz CT molecular complexity index is 1720. The normalized spacial score (nSPS) is 13.9. The molecule has 4 N–H and O–H groups in total. The molecule has 1 amide bonds. The average molecular weight is 576 g/mol. The summed E-state index contributed by atoms with van der Waals surface area (Å²) in [7, 11) is 1.93. The number of hydrogen-bond donors (Lipinski definition) is 3. The van der Waals surface area contributed by atoms with Gasteiger partial charge in [-0.2, -0.15) is 23.5 Å². The van der Waals surface area contributed by atoms with Gasteiger partial charge in [0.1, 0.15) is 17.3 Å². The summed E-state index contributed by atoms with van der Waals surface area (Å²) in [4.78, 5) is 15.5. The number of anilines is 1. The Hall–Kier alpha value is -5.02. The summed E-state index contributed by atoms with van der Waals surface area (Å²) in [5, 5.41) is 23.0. The lowest BCUT2D eigenvalue weighted by Crippen LogP contribution is -2.28. The quantitative estimate of drug-likeness (QED) is 0.143. The second-order valence-electron chi connectivity index (χ2n) is 10.0. The monoisotopic (exact) mass is 575 g/mol. The third-order valence-corrected chi connectivity index (χ3v) is 7.05. The van der Waals surface area contributed by atoms with Gasteiger partial charge in [0.2, 0.25) is 0 Å². The number of halogens is 4. The molecule has 1 aliphatic rings.